The Morgan fingerprint density at radius 3 is 2.75 bits per heavy atom. The summed E-state index contributed by atoms with van der Waals surface area (Å²) < 4.78 is 1.12. The van der Waals surface area contributed by atoms with E-state index >= 15 is 0 Å². The summed E-state index contributed by atoms with van der Waals surface area (Å²) in [6, 6.07) is 8.15. The highest BCUT2D eigenvalue weighted by molar-refractivity contribution is 14.1. The van der Waals surface area contributed by atoms with E-state index in [2.05, 4.69) is 40.1 Å². The maximum atomic E-state index is 11.5. The number of carbonyl (C=O) groups excluding carboxylic acids is 1. The van der Waals surface area contributed by atoms with Crippen LogP contribution in [0.15, 0.2) is 24.3 Å². The molecule has 0 aromatic heterocycles. The first-order valence-corrected chi connectivity index (χ1v) is 6.49. The molecular weight excluding hydrogens is 315 g/mol. The number of nitrogens with one attached hydrogen (secondary N) is 2. The van der Waals surface area contributed by atoms with E-state index in [0.29, 0.717) is 6.54 Å². The van der Waals surface area contributed by atoms with Gasteiger partial charge in [0, 0.05) is 15.3 Å². The van der Waals surface area contributed by atoms with Crippen molar-refractivity contribution in [1.82, 2.24) is 5.32 Å². The molecule has 0 aliphatic rings. The molecule has 0 aliphatic carbocycles. The first-order valence-electron chi connectivity index (χ1n) is 5.41. The molecule has 1 aromatic rings. The van der Waals surface area contributed by atoms with Gasteiger partial charge in [-0.2, -0.15) is 0 Å². The fourth-order valence-corrected chi connectivity index (χ4v) is 1.79. The van der Waals surface area contributed by atoms with E-state index in [4.69, 9.17) is 0 Å². The zero-order valence-electron chi connectivity index (χ0n) is 9.59. The summed E-state index contributed by atoms with van der Waals surface area (Å²) in [7, 11) is 0. The molecule has 0 saturated carbocycles. The molecule has 1 unspecified atom stereocenters. The first kappa shape index (κ1) is 13.3. The number of anilines is 1. The highest BCUT2D eigenvalue weighted by Crippen LogP contribution is 2.16. The first-order chi connectivity index (χ1) is 7.63. The molecule has 1 rings (SSSR count). The Morgan fingerprint density at radius 2 is 2.12 bits per heavy atom. The van der Waals surface area contributed by atoms with Crippen LogP contribution in [0, 0.1) is 3.57 Å². The molecule has 0 bridgehead atoms. The third-order valence-corrected chi connectivity index (χ3v) is 3.27. The molecule has 0 heterocycles. The monoisotopic (exact) mass is 332 g/mol. The van der Waals surface area contributed by atoms with Crippen LogP contribution < -0.4 is 10.6 Å². The van der Waals surface area contributed by atoms with Crippen LogP contribution in [0.5, 0.6) is 0 Å². The van der Waals surface area contributed by atoms with Gasteiger partial charge in [-0.15, -0.1) is 0 Å². The van der Waals surface area contributed by atoms with Crippen molar-refractivity contribution in [3.63, 3.8) is 0 Å². The lowest BCUT2D eigenvalue weighted by molar-refractivity contribution is -0.120. The van der Waals surface area contributed by atoms with Crippen molar-refractivity contribution in [2.75, 3.05) is 11.9 Å². The van der Waals surface area contributed by atoms with E-state index in [-0.39, 0.29) is 11.9 Å². The summed E-state index contributed by atoms with van der Waals surface area (Å²) in [6.45, 7) is 4.38. The summed E-state index contributed by atoms with van der Waals surface area (Å²) in [5.74, 6) is 0.0361. The lowest BCUT2D eigenvalue weighted by Gasteiger charge is -2.12. The molecule has 1 amide bonds. The summed E-state index contributed by atoms with van der Waals surface area (Å²) in [6.07, 6.45) is 0.953. The molecule has 1 atom stereocenters. The van der Waals surface area contributed by atoms with Crippen LogP contribution in [-0.2, 0) is 4.79 Å². The predicted octanol–water partition coefficient (Wildman–Crippen LogP) is 2.62. The van der Waals surface area contributed by atoms with Gasteiger partial charge in [-0.1, -0.05) is 19.1 Å². The minimum atomic E-state index is 0.0361. The Morgan fingerprint density at radius 1 is 1.44 bits per heavy atom. The average Bonchev–Trinajstić information content (AvgIpc) is 2.28. The van der Waals surface area contributed by atoms with E-state index in [0.717, 1.165) is 15.7 Å². The fraction of sp³-hybridized carbons (Fsp3) is 0.417. The van der Waals surface area contributed by atoms with Crippen molar-refractivity contribution in [2.45, 2.75) is 26.3 Å². The van der Waals surface area contributed by atoms with Crippen molar-refractivity contribution in [1.29, 1.82) is 0 Å². The lowest BCUT2D eigenvalue weighted by Crippen LogP contribution is -2.36. The number of hydrogen-bond donors (Lipinski definition) is 2. The zero-order valence-corrected chi connectivity index (χ0v) is 11.7. The van der Waals surface area contributed by atoms with Gasteiger partial charge in [0.15, 0.2) is 0 Å². The SMILES string of the molecule is CCC(C)NC(=O)CNc1ccccc1I. The van der Waals surface area contributed by atoms with E-state index in [1.165, 1.54) is 0 Å². The van der Waals surface area contributed by atoms with Crippen molar-refractivity contribution >= 4 is 34.2 Å². The molecule has 16 heavy (non-hydrogen) atoms. The number of para-hydroxylation sites is 1. The Bertz CT molecular complexity index is 355. The molecule has 0 aliphatic heterocycles. The summed E-state index contributed by atoms with van der Waals surface area (Å²) in [4.78, 5) is 11.5. The molecule has 0 saturated heterocycles. The highest BCUT2D eigenvalue weighted by atomic mass is 127. The minimum Gasteiger partial charge on any atom is -0.375 e. The van der Waals surface area contributed by atoms with Crippen molar-refractivity contribution in [2.24, 2.45) is 0 Å². The normalized spacial score (nSPS) is 11.9. The second-order valence-corrected chi connectivity index (χ2v) is 4.87. The Kier molecular flexibility index (Phi) is 5.59. The topological polar surface area (TPSA) is 41.1 Å². The van der Waals surface area contributed by atoms with Gasteiger partial charge in [-0.25, -0.2) is 0 Å². The van der Waals surface area contributed by atoms with Gasteiger partial charge in [0.1, 0.15) is 0 Å². The summed E-state index contributed by atoms with van der Waals surface area (Å²) in [5, 5.41) is 6.04. The van der Waals surface area contributed by atoms with Crippen LogP contribution in [0.3, 0.4) is 0 Å². The molecule has 4 heteroatoms. The maximum absolute atomic E-state index is 11.5. The molecule has 88 valence electrons. The van der Waals surface area contributed by atoms with E-state index in [1.807, 2.05) is 31.2 Å². The number of carbonyl (C=O) groups is 1. The molecule has 0 radical (unpaired) electrons. The van der Waals surface area contributed by atoms with Gasteiger partial charge < -0.3 is 10.6 Å². The molecule has 0 fully saturated rings. The fourth-order valence-electron chi connectivity index (χ4n) is 1.21. The van der Waals surface area contributed by atoms with Gasteiger partial charge in [0.2, 0.25) is 5.91 Å². The van der Waals surface area contributed by atoms with E-state index < -0.39 is 0 Å². The molecular formula is C12H17IN2O. The minimum absolute atomic E-state index is 0.0361. The van der Waals surface area contributed by atoms with Crippen LogP contribution in [0.25, 0.3) is 0 Å². The van der Waals surface area contributed by atoms with Crippen molar-refractivity contribution < 1.29 is 4.79 Å². The molecule has 0 spiro atoms. The van der Waals surface area contributed by atoms with Crippen LogP contribution in [-0.4, -0.2) is 18.5 Å². The Balaban J connectivity index is 2.40. The quantitative estimate of drug-likeness (QED) is 0.814. The number of halogens is 1. The van der Waals surface area contributed by atoms with Crippen LogP contribution in [0.1, 0.15) is 20.3 Å². The van der Waals surface area contributed by atoms with Gasteiger partial charge >= 0.3 is 0 Å². The largest absolute Gasteiger partial charge is 0.375 e. The average molecular weight is 332 g/mol. The Hall–Kier alpha value is -0.780. The van der Waals surface area contributed by atoms with E-state index in [9.17, 15) is 4.79 Å². The highest BCUT2D eigenvalue weighted by Gasteiger charge is 2.05. The molecule has 2 N–H and O–H groups in total. The number of hydrogen-bond acceptors (Lipinski definition) is 2. The zero-order chi connectivity index (χ0) is 12.0. The number of rotatable bonds is 5. The molecule has 3 nitrogen and oxygen atoms in total. The smallest absolute Gasteiger partial charge is 0.239 e. The van der Waals surface area contributed by atoms with Gasteiger partial charge in [-0.3, -0.25) is 4.79 Å². The predicted molar refractivity (Wildman–Crippen MR) is 75.5 cm³/mol. The van der Waals surface area contributed by atoms with Gasteiger partial charge in [-0.05, 0) is 48.1 Å². The Labute approximate surface area is 110 Å². The van der Waals surface area contributed by atoms with Crippen molar-refractivity contribution in [3.8, 4) is 0 Å². The van der Waals surface area contributed by atoms with E-state index in [1.54, 1.807) is 0 Å². The van der Waals surface area contributed by atoms with Crippen LogP contribution >= 0.6 is 22.6 Å². The third-order valence-electron chi connectivity index (χ3n) is 2.33. The second kappa shape index (κ2) is 6.73. The third kappa shape index (κ3) is 4.38. The van der Waals surface area contributed by atoms with Crippen LogP contribution in [0.2, 0.25) is 0 Å². The maximum Gasteiger partial charge on any atom is 0.239 e. The van der Waals surface area contributed by atoms with Crippen molar-refractivity contribution in [3.05, 3.63) is 27.8 Å². The number of benzene rings is 1. The van der Waals surface area contributed by atoms with Crippen LogP contribution in [0.4, 0.5) is 5.69 Å². The van der Waals surface area contributed by atoms with Gasteiger partial charge in [0.25, 0.3) is 0 Å². The lowest BCUT2D eigenvalue weighted by atomic mass is 10.2. The summed E-state index contributed by atoms with van der Waals surface area (Å²) in [5.41, 5.74) is 1.00. The second-order valence-electron chi connectivity index (χ2n) is 3.71. The summed E-state index contributed by atoms with van der Waals surface area (Å²) >= 11 is 2.25. The van der Waals surface area contributed by atoms with Gasteiger partial charge in [0.05, 0.1) is 6.54 Å². The standard InChI is InChI=1S/C12H17IN2O/c1-3-9(2)15-12(16)8-14-11-7-5-4-6-10(11)13/h4-7,9,14H,3,8H2,1-2H3,(H,15,16). The molecule has 1 aromatic carbocycles. The number of amides is 1.